The number of carbonyl (C=O) groups excluding carboxylic acids is 1. The van der Waals surface area contributed by atoms with Gasteiger partial charge in [0.25, 0.3) is 0 Å². The van der Waals surface area contributed by atoms with Crippen molar-refractivity contribution in [3.8, 4) is 0 Å². The molecule has 0 bridgehead atoms. The van der Waals surface area contributed by atoms with Crippen molar-refractivity contribution in [2.75, 3.05) is 0 Å². The largest absolute Gasteiger partial charge is 0.457 e. The van der Waals surface area contributed by atoms with Gasteiger partial charge in [-0.3, -0.25) is 4.79 Å². The number of esters is 1. The number of ether oxygens (including phenoxy) is 2. The van der Waals surface area contributed by atoms with E-state index in [1.165, 1.54) is 6.92 Å². The van der Waals surface area contributed by atoms with Crippen LogP contribution in [-0.4, -0.2) is 40.8 Å². The van der Waals surface area contributed by atoms with Crippen molar-refractivity contribution in [3.05, 3.63) is 0 Å². The number of hydrogen-bond acceptors (Lipinski definition) is 5. The Kier molecular flexibility index (Phi) is 3.24. The Balaban J connectivity index is 2.56. The van der Waals surface area contributed by atoms with Crippen LogP contribution >= 0.6 is 0 Å². The highest BCUT2D eigenvalue weighted by Crippen LogP contribution is 2.21. The molecule has 0 radical (unpaired) electrons. The van der Waals surface area contributed by atoms with Gasteiger partial charge in [-0.25, -0.2) is 0 Å². The summed E-state index contributed by atoms with van der Waals surface area (Å²) in [5, 5.41) is 18.5. The van der Waals surface area contributed by atoms with Crippen LogP contribution < -0.4 is 0 Å². The quantitative estimate of drug-likeness (QED) is 0.540. The van der Waals surface area contributed by atoms with Gasteiger partial charge < -0.3 is 19.7 Å². The average molecular weight is 190 g/mol. The number of rotatable bonds is 1. The first-order valence-electron chi connectivity index (χ1n) is 4.19. The fraction of sp³-hybridized carbons (Fsp3) is 0.875. The lowest BCUT2D eigenvalue weighted by molar-refractivity contribution is -0.235. The topological polar surface area (TPSA) is 76.0 Å². The predicted octanol–water partition coefficient (Wildman–Crippen LogP) is -0.594. The van der Waals surface area contributed by atoms with Crippen LogP contribution in [0.2, 0.25) is 0 Å². The van der Waals surface area contributed by atoms with Gasteiger partial charge in [-0.05, 0) is 6.92 Å². The molecule has 0 aliphatic carbocycles. The maximum atomic E-state index is 10.6. The minimum atomic E-state index is -0.975. The Bertz CT molecular complexity index is 181. The lowest BCUT2D eigenvalue weighted by atomic mass is 10.0. The highest BCUT2D eigenvalue weighted by Gasteiger charge is 2.36. The van der Waals surface area contributed by atoms with E-state index in [1.54, 1.807) is 6.92 Å². The molecule has 0 aromatic heterocycles. The minimum absolute atomic E-state index is 0.0717. The maximum Gasteiger partial charge on any atom is 0.303 e. The average Bonchev–Trinajstić information content (AvgIpc) is 1.96. The fourth-order valence-corrected chi connectivity index (χ4v) is 1.40. The summed E-state index contributed by atoms with van der Waals surface area (Å²) in [5.41, 5.74) is 0. The molecule has 1 rings (SSSR count). The first kappa shape index (κ1) is 10.4. The Morgan fingerprint density at radius 3 is 2.62 bits per heavy atom. The summed E-state index contributed by atoms with van der Waals surface area (Å²) >= 11 is 0. The third-order valence-electron chi connectivity index (χ3n) is 1.96. The van der Waals surface area contributed by atoms with Gasteiger partial charge in [-0.2, -0.15) is 0 Å². The standard InChI is InChI=1S/C8H14O5/c1-4-8(13-5(2)9)6(10)3-7(11)12-4/h4,6-8,10-11H,3H2,1-2H3/t4?,6-,7-,8-/m1/s1. The van der Waals surface area contributed by atoms with E-state index >= 15 is 0 Å². The number of aliphatic hydroxyl groups is 2. The Morgan fingerprint density at radius 1 is 1.54 bits per heavy atom. The molecule has 0 saturated carbocycles. The second-order valence-electron chi connectivity index (χ2n) is 3.17. The molecule has 1 heterocycles. The zero-order chi connectivity index (χ0) is 10.0. The van der Waals surface area contributed by atoms with E-state index in [0.29, 0.717) is 0 Å². The molecule has 1 unspecified atom stereocenters. The van der Waals surface area contributed by atoms with Crippen LogP contribution in [0.4, 0.5) is 0 Å². The van der Waals surface area contributed by atoms with Gasteiger partial charge in [0.2, 0.25) is 0 Å². The SMILES string of the molecule is CC(=O)O[C@@H]1C(C)O[C@@H](O)C[C@H]1O. The molecule has 2 N–H and O–H groups in total. The third-order valence-corrected chi connectivity index (χ3v) is 1.96. The summed E-state index contributed by atoms with van der Waals surface area (Å²) in [6.07, 6.45) is -2.93. The van der Waals surface area contributed by atoms with Gasteiger partial charge in [0.15, 0.2) is 12.4 Å². The van der Waals surface area contributed by atoms with Crippen LogP contribution in [-0.2, 0) is 14.3 Å². The molecular formula is C8H14O5. The van der Waals surface area contributed by atoms with E-state index in [1.807, 2.05) is 0 Å². The summed E-state index contributed by atoms with van der Waals surface area (Å²) in [7, 11) is 0. The van der Waals surface area contributed by atoms with E-state index in [0.717, 1.165) is 0 Å². The van der Waals surface area contributed by atoms with Gasteiger partial charge in [0, 0.05) is 13.3 Å². The normalized spacial score (nSPS) is 40.0. The van der Waals surface area contributed by atoms with Crippen LogP contribution in [0.1, 0.15) is 20.3 Å². The summed E-state index contributed by atoms with van der Waals surface area (Å²) < 4.78 is 9.83. The second-order valence-corrected chi connectivity index (χ2v) is 3.17. The second kappa shape index (κ2) is 4.04. The number of aliphatic hydroxyl groups excluding tert-OH is 2. The lowest BCUT2D eigenvalue weighted by Crippen LogP contribution is -2.48. The van der Waals surface area contributed by atoms with Crippen molar-refractivity contribution in [3.63, 3.8) is 0 Å². The van der Waals surface area contributed by atoms with E-state index in [4.69, 9.17) is 14.6 Å². The predicted molar refractivity (Wildman–Crippen MR) is 42.7 cm³/mol. The molecule has 0 aromatic carbocycles. The van der Waals surface area contributed by atoms with Gasteiger partial charge in [0.05, 0.1) is 12.2 Å². The molecule has 0 aromatic rings. The van der Waals surface area contributed by atoms with E-state index in [9.17, 15) is 9.90 Å². The Morgan fingerprint density at radius 2 is 2.15 bits per heavy atom. The summed E-state index contributed by atoms with van der Waals surface area (Å²) in [6.45, 7) is 2.91. The van der Waals surface area contributed by atoms with E-state index in [-0.39, 0.29) is 6.42 Å². The smallest absolute Gasteiger partial charge is 0.303 e. The van der Waals surface area contributed by atoms with Crippen LogP contribution in [0.5, 0.6) is 0 Å². The molecule has 13 heavy (non-hydrogen) atoms. The van der Waals surface area contributed by atoms with Crippen molar-refractivity contribution in [2.24, 2.45) is 0 Å². The van der Waals surface area contributed by atoms with E-state index in [2.05, 4.69) is 0 Å². The molecule has 1 saturated heterocycles. The first-order valence-corrected chi connectivity index (χ1v) is 4.19. The first-order chi connectivity index (χ1) is 6.00. The van der Waals surface area contributed by atoms with Gasteiger partial charge in [-0.15, -0.1) is 0 Å². The molecule has 5 nitrogen and oxygen atoms in total. The van der Waals surface area contributed by atoms with Crippen molar-refractivity contribution in [2.45, 2.75) is 44.9 Å². The summed E-state index contributed by atoms with van der Waals surface area (Å²) in [6, 6.07) is 0. The molecule has 1 fully saturated rings. The Labute approximate surface area is 76.3 Å². The fourth-order valence-electron chi connectivity index (χ4n) is 1.40. The molecule has 0 spiro atoms. The van der Waals surface area contributed by atoms with Gasteiger partial charge in [-0.1, -0.05) is 0 Å². The molecule has 1 aliphatic rings. The van der Waals surface area contributed by atoms with Crippen molar-refractivity contribution < 1.29 is 24.5 Å². The Hall–Kier alpha value is -0.650. The molecule has 5 heteroatoms. The molecule has 1 aliphatic heterocycles. The minimum Gasteiger partial charge on any atom is -0.457 e. The zero-order valence-corrected chi connectivity index (χ0v) is 7.64. The highest BCUT2D eigenvalue weighted by atomic mass is 16.6. The van der Waals surface area contributed by atoms with Gasteiger partial charge >= 0.3 is 5.97 Å². The van der Waals surface area contributed by atoms with Crippen molar-refractivity contribution >= 4 is 5.97 Å². The van der Waals surface area contributed by atoms with Crippen molar-refractivity contribution in [1.82, 2.24) is 0 Å². The van der Waals surface area contributed by atoms with Crippen LogP contribution in [0.25, 0.3) is 0 Å². The lowest BCUT2D eigenvalue weighted by Gasteiger charge is -2.35. The monoisotopic (exact) mass is 190 g/mol. The molecule has 76 valence electrons. The summed E-state index contributed by atoms with van der Waals surface area (Å²) in [5.74, 6) is -0.462. The molecule has 4 atom stereocenters. The zero-order valence-electron chi connectivity index (χ0n) is 7.64. The maximum absolute atomic E-state index is 10.6. The van der Waals surface area contributed by atoms with Crippen LogP contribution in [0.15, 0.2) is 0 Å². The summed E-state index contributed by atoms with van der Waals surface area (Å²) in [4.78, 5) is 10.6. The highest BCUT2D eigenvalue weighted by molar-refractivity contribution is 5.66. The van der Waals surface area contributed by atoms with E-state index < -0.39 is 30.6 Å². The number of carbonyl (C=O) groups is 1. The molecular weight excluding hydrogens is 176 g/mol. The van der Waals surface area contributed by atoms with Crippen molar-refractivity contribution in [1.29, 1.82) is 0 Å². The van der Waals surface area contributed by atoms with Crippen LogP contribution in [0, 0.1) is 0 Å². The third kappa shape index (κ3) is 2.65. The van der Waals surface area contributed by atoms with Gasteiger partial charge in [0.1, 0.15) is 0 Å². The molecule has 0 amide bonds. The van der Waals surface area contributed by atoms with Crippen LogP contribution in [0.3, 0.4) is 0 Å². The number of hydrogen-bond donors (Lipinski definition) is 2.